The number of hydrogen-bond acceptors (Lipinski definition) is 2. The Labute approximate surface area is 218 Å². The number of hydrogen-bond donors (Lipinski definition) is 0. The molecule has 0 radical (unpaired) electrons. The molecule has 0 N–H and O–H groups in total. The number of fused-ring (bicyclic) bond motifs is 3. The van der Waals surface area contributed by atoms with Gasteiger partial charge in [0.1, 0.15) is 6.61 Å². The van der Waals surface area contributed by atoms with Crippen molar-refractivity contribution in [2.45, 2.75) is 117 Å². The van der Waals surface area contributed by atoms with Gasteiger partial charge in [0.25, 0.3) is 0 Å². The molecule has 0 spiro atoms. The summed E-state index contributed by atoms with van der Waals surface area (Å²) in [6, 6.07) is 15.1. The minimum atomic E-state index is -0.338. The van der Waals surface area contributed by atoms with E-state index in [1.807, 2.05) is 0 Å². The lowest BCUT2D eigenvalue weighted by atomic mass is 10.0. The molecule has 0 bridgehead atoms. The van der Waals surface area contributed by atoms with Gasteiger partial charge in [-0.15, -0.1) is 0 Å². The van der Waals surface area contributed by atoms with Gasteiger partial charge in [-0.05, 0) is 37.1 Å². The Balaban J connectivity index is 1.42. The second kappa shape index (κ2) is 15.5. The zero-order valence-electron chi connectivity index (χ0n) is 22.8. The zero-order chi connectivity index (χ0) is 25.6. The van der Waals surface area contributed by atoms with E-state index in [0.29, 0.717) is 5.57 Å². The normalized spacial score (nSPS) is 11.4. The maximum atomic E-state index is 11.8. The fraction of sp³-hybridized carbons (Fsp3) is 0.545. The van der Waals surface area contributed by atoms with Crippen molar-refractivity contribution in [3.63, 3.8) is 0 Å². The number of nitrogens with zero attached hydrogens (tertiary/aromatic N) is 1. The maximum absolute atomic E-state index is 11.8. The van der Waals surface area contributed by atoms with Crippen molar-refractivity contribution in [3.8, 4) is 0 Å². The molecule has 0 amide bonds. The van der Waals surface area contributed by atoms with E-state index in [9.17, 15) is 4.79 Å². The van der Waals surface area contributed by atoms with Crippen LogP contribution in [0.2, 0.25) is 0 Å². The van der Waals surface area contributed by atoms with Crippen LogP contribution >= 0.6 is 0 Å². The minimum absolute atomic E-state index is 0.278. The predicted molar refractivity (Wildman–Crippen MR) is 154 cm³/mol. The maximum Gasteiger partial charge on any atom is 0.333 e. The summed E-state index contributed by atoms with van der Waals surface area (Å²) in [4.78, 5) is 11.8. The van der Waals surface area contributed by atoms with Gasteiger partial charge in [-0.25, -0.2) is 4.79 Å². The SMILES string of the molecule is C=C(C)C(=O)OCc1ccc2c(c1)c1ccccc1n2CCCCCCCCCCCCCCCC. The van der Waals surface area contributed by atoms with Gasteiger partial charge in [0, 0.05) is 33.9 Å². The first-order valence-electron chi connectivity index (χ1n) is 14.4. The van der Waals surface area contributed by atoms with Crippen LogP contribution in [-0.2, 0) is 22.7 Å². The summed E-state index contributed by atoms with van der Waals surface area (Å²) in [6.45, 7) is 8.95. The van der Waals surface area contributed by atoms with Gasteiger partial charge in [-0.2, -0.15) is 0 Å². The molecule has 1 heterocycles. The number of aryl methyl sites for hydroxylation is 1. The number of aromatic nitrogens is 1. The van der Waals surface area contributed by atoms with E-state index in [0.717, 1.165) is 12.1 Å². The minimum Gasteiger partial charge on any atom is -0.457 e. The van der Waals surface area contributed by atoms with Crippen molar-refractivity contribution < 1.29 is 9.53 Å². The molecule has 0 unspecified atom stereocenters. The highest BCUT2D eigenvalue weighted by molar-refractivity contribution is 6.08. The predicted octanol–water partition coefficient (Wildman–Crippen LogP) is 9.90. The molecule has 0 aliphatic carbocycles. The highest BCUT2D eigenvalue weighted by Gasteiger charge is 2.12. The number of ether oxygens (including phenoxy) is 1. The largest absolute Gasteiger partial charge is 0.457 e. The van der Waals surface area contributed by atoms with Crippen LogP contribution in [-0.4, -0.2) is 10.5 Å². The van der Waals surface area contributed by atoms with E-state index in [-0.39, 0.29) is 12.6 Å². The average molecular weight is 490 g/mol. The summed E-state index contributed by atoms with van der Waals surface area (Å²) in [5.74, 6) is -0.338. The van der Waals surface area contributed by atoms with E-state index in [4.69, 9.17) is 4.74 Å². The topological polar surface area (TPSA) is 31.2 Å². The molecule has 0 saturated carbocycles. The lowest BCUT2D eigenvalue weighted by Crippen LogP contribution is -2.04. The van der Waals surface area contributed by atoms with Crippen molar-refractivity contribution in [2.75, 3.05) is 0 Å². The summed E-state index contributed by atoms with van der Waals surface area (Å²) in [6.07, 6.45) is 19.4. The summed E-state index contributed by atoms with van der Waals surface area (Å²) in [5.41, 5.74) is 4.00. The van der Waals surface area contributed by atoms with Gasteiger partial charge in [0.2, 0.25) is 0 Å². The summed E-state index contributed by atoms with van der Waals surface area (Å²) >= 11 is 0. The molecule has 0 saturated heterocycles. The number of para-hydroxylation sites is 1. The van der Waals surface area contributed by atoms with Crippen LogP contribution in [0.1, 0.15) is 109 Å². The second-order valence-corrected chi connectivity index (χ2v) is 10.5. The Morgan fingerprint density at radius 1 is 0.750 bits per heavy atom. The van der Waals surface area contributed by atoms with E-state index >= 15 is 0 Å². The quantitative estimate of drug-likeness (QED) is 0.101. The Bertz CT molecular complexity index is 1090. The van der Waals surface area contributed by atoms with Gasteiger partial charge in [-0.1, -0.05) is 121 Å². The third kappa shape index (κ3) is 8.54. The van der Waals surface area contributed by atoms with E-state index < -0.39 is 0 Å². The molecule has 196 valence electrons. The molecule has 0 fully saturated rings. The Hall–Kier alpha value is -2.55. The molecule has 3 rings (SSSR count). The summed E-state index contributed by atoms with van der Waals surface area (Å²) in [5, 5.41) is 2.51. The van der Waals surface area contributed by atoms with E-state index in [1.54, 1.807) is 6.92 Å². The van der Waals surface area contributed by atoms with Crippen LogP contribution in [0.25, 0.3) is 21.8 Å². The first kappa shape index (κ1) is 28.0. The Morgan fingerprint density at radius 2 is 1.31 bits per heavy atom. The molecule has 3 nitrogen and oxygen atoms in total. The molecule has 0 aliphatic rings. The van der Waals surface area contributed by atoms with Crippen LogP contribution in [0.4, 0.5) is 0 Å². The number of rotatable bonds is 18. The molecule has 3 heteroatoms. The number of carbonyl (C=O) groups excluding carboxylic acids is 1. The molecule has 0 aliphatic heterocycles. The third-order valence-electron chi connectivity index (χ3n) is 7.29. The van der Waals surface area contributed by atoms with Crippen molar-refractivity contribution in [3.05, 3.63) is 60.2 Å². The molecule has 1 aromatic heterocycles. The lowest BCUT2D eigenvalue weighted by Gasteiger charge is -2.09. The Morgan fingerprint density at radius 3 is 1.92 bits per heavy atom. The van der Waals surface area contributed by atoms with E-state index in [2.05, 4.69) is 60.5 Å². The first-order valence-corrected chi connectivity index (χ1v) is 14.4. The second-order valence-electron chi connectivity index (χ2n) is 10.5. The molecule has 3 aromatic rings. The van der Waals surface area contributed by atoms with Crippen LogP contribution in [0, 0.1) is 0 Å². The average Bonchev–Trinajstić information content (AvgIpc) is 3.20. The van der Waals surface area contributed by atoms with Crippen LogP contribution in [0.15, 0.2) is 54.6 Å². The highest BCUT2D eigenvalue weighted by Crippen LogP contribution is 2.30. The first-order chi connectivity index (χ1) is 17.6. The van der Waals surface area contributed by atoms with Crippen LogP contribution in [0.3, 0.4) is 0 Å². The fourth-order valence-corrected chi connectivity index (χ4v) is 5.17. The zero-order valence-corrected chi connectivity index (χ0v) is 22.8. The van der Waals surface area contributed by atoms with Gasteiger partial charge < -0.3 is 9.30 Å². The molecule has 36 heavy (non-hydrogen) atoms. The lowest BCUT2D eigenvalue weighted by molar-refractivity contribution is -0.140. The van der Waals surface area contributed by atoms with Gasteiger partial charge >= 0.3 is 5.97 Å². The van der Waals surface area contributed by atoms with Gasteiger partial charge in [-0.3, -0.25) is 0 Å². The van der Waals surface area contributed by atoms with Crippen LogP contribution < -0.4 is 0 Å². The van der Waals surface area contributed by atoms with Gasteiger partial charge in [0.05, 0.1) is 0 Å². The van der Waals surface area contributed by atoms with Crippen molar-refractivity contribution in [1.82, 2.24) is 4.57 Å². The molecular weight excluding hydrogens is 442 g/mol. The standard InChI is InChI=1S/C33H47NO2/c1-4-5-6-7-8-9-10-11-12-13-14-15-16-19-24-34-31-21-18-17-20-29(31)30-25-28(22-23-32(30)34)26-36-33(35)27(2)3/h17-18,20-23,25H,2,4-16,19,24,26H2,1,3H3. The smallest absolute Gasteiger partial charge is 0.333 e. The molecular formula is C33H47NO2. The number of benzene rings is 2. The monoisotopic (exact) mass is 489 g/mol. The number of unbranched alkanes of at least 4 members (excludes halogenated alkanes) is 13. The van der Waals surface area contributed by atoms with Crippen molar-refractivity contribution in [2.24, 2.45) is 0 Å². The number of carbonyl (C=O) groups is 1. The van der Waals surface area contributed by atoms with Crippen molar-refractivity contribution in [1.29, 1.82) is 0 Å². The Kier molecular flexibility index (Phi) is 12.1. The summed E-state index contributed by atoms with van der Waals surface area (Å²) < 4.78 is 7.84. The van der Waals surface area contributed by atoms with Gasteiger partial charge in [0.15, 0.2) is 0 Å². The molecule has 0 atom stereocenters. The fourth-order valence-electron chi connectivity index (χ4n) is 5.17. The summed E-state index contributed by atoms with van der Waals surface area (Å²) in [7, 11) is 0. The van der Waals surface area contributed by atoms with E-state index in [1.165, 1.54) is 112 Å². The highest BCUT2D eigenvalue weighted by atomic mass is 16.5. The van der Waals surface area contributed by atoms with Crippen LogP contribution in [0.5, 0.6) is 0 Å². The number of esters is 1. The third-order valence-corrected chi connectivity index (χ3v) is 7.29. The van der Waals surface area contributed by atoms with Crippen molar-refractivity contribution >= 4 is 27.8 Å². The molecule has 2 aromatic carbocycles.